The Balaban J connectivity index is 1.90. The van der Waals surface area contributed by atoms with Crippen LogP contribution in [0.1, 0.15) is 19.3 Å². The van der Waals surface area contributed by atoms with E-state index >= 15 is 0 Å². The monoisotopic (exact) mass is 300 g/mol. The van der Waals surface area contributed by atoms with E-state index in [-0.39, 0.29) is 16.8 Å². The highest BCUT2D eigenvalue weighted by atomic mass is 35.5. The lowest BCUT2D eigenvalue weighted by Crippen LogP contribution is -2.36. The van der Waals surface area contributed by atoms with Gasteiger partial charge in [-0.05, 0) is 37.5 Å². The molecule has 1 aliphatic carbocycles. The van der Waals surface area contributed by atoms with Crippen molar-refractivity contribution in [3.05, 3.63) is 29.0 Å². The van der Waals surface area contributed by atoms with E-state index in [9.17, 15) is 14.0 Å². The van der Waals surface area contributed by atoms with Crippen molar-refractivity contribution >= 4 is 29.3 Å². The van der Waals surface area contributed by atoms with E-state index < -0.39 is 23.7 Å². The zero-order chi connectivity index (χ0) is 14.7. The van der Waals surface area contributed by atoms with E-state index in [0.717, 1.165) is 6.07 Å². The van der Waals surface area contributed by atoms with Gasteiger partial charge in [0, 0.05) is 6.04 Å². The Morgan fingerprint density at radius 2 is 2.10 bits per heavy atom. The van der Waals surface area contributed by atoms with Gasteiger partial charge in [-0.1, -0.05) is 11.6 Å². The smallest absolute Gasteiger partial charge is 0.319 e. The number of hydrogen-bond acceptors (Lipinski definition) is 2. The molecule has 2 amide bonds. The highest BCUT2D eigenvalue weighted by Crippen LogP contribution is 2.26. The fourth-order valence-corrected chi connectivity index (χ4v) is 2.44. The molecule has 0 aromatic heterocycles. The zero-order valence-electron chi connectivity index (χ0n) is 10.5. The van der Waals surface area contributed by atoms with Gasteiger partial charge in [-0.2, -0.15) is 0 Å². The molecule has 1 aliphatic rings. The van der Waals surface area contributed by atoms with Gasteiger partial charge >= 0.3 is 12.0 Å². The molecule has 0 saturated heterocycles. The Morgan fingerprint density at radius 3 is 2.75 bits per heavy atom. The minimum atomic E-state index is -0.845. The lowest BCUT2D eigenvalue weighted by molar-refractivity contribution is -0.141. The van der Waals surface area contributed by atoms with Crippen molar-refractivity contribution < 1.29 is 19.1 Å². The lowest BCUT2D eigenvalue weighted by atomic mass is 10.1. The van der Waals surface area contributed by atoms with E-state index in [2.05, 4.69) is 10.6 Å². The van der Waals surface area contributed by atoms with Crippen LogP contribution in [0.25, 0.3) is 0 Å². The molecule has 2 atom stereocenters. The number of halogens is 2. The molecule has 0 spiro atoms. The first-order chi connectivity index (χ1) is 9.45. The molecular weight excluding hydrogens is 287 g/mol. The number of anilines is 1. The summed E-state index contributed by atoms with van der Waals surface area (Å²) < 4.78 is 13.0. The van der Waals surface area contributed by atoms with Gasteiger partial charge in [0.15, 0.2) is 0 Å². The summed E-state index contributed by atoms with van der Waals surface area (Å²) in [5.41, 5.74) is 0.178. The summed E-state index contributed by atoms with van der Waals surface area (Å²) in [7, 11) is 0. The van der Waals surface area contributed by atoms with Crippen LogP contribution in [0.15, 0.2) is 18.2 Å². The van der Waals surface area contributed by atoms with Crippen molar-refractivity contribution in [3.8, 4) is 0 Å². The van der Waals surface area contributed by atoms with Crippen LogP contribution in [0.2, 0.25) is 5.02 Å². The van der Waals surface area contributed by atoms with E-state index in [1.165, 1.54) is 12.1 Å². The van der Waals surface area contributed by atoms with Gasteiger partial charge in [-0.25, -0.2) is 9.18 Å². The fourth-order valence-electron chi connectivity index (χ4n) is 2.27. The summed E-state index contributed by atoms with van der Waals surface area (Å²) in [6, 6.07) is 2.95. The van der Waals surface area contributed by atoms with Crippen LogP contribution in [-0.2, 0) is 4.79 Å². The fraction of sp³-hybridized carbons (Fsp3) is 0.385. The van der Waals surface area contributed by atoms with Crippen molar-refractivity contribution in [3.63, 3.8) is 0 Å². The third-order valence-corrected chi connectivity index (χ3v) is 3.62. The second-order valence-electron chi connectivity index (χ2n) is 4.77. The van der Waals surface area contributed by atoms with Crippen LogP contribution >= 0.6 is 11.6 Å². The number of carbonyl (C=O) groups excluding carboxylic acids is 1. The second-order valence-corrected chi connectivity index (χ2v) is 5.17. The van der Waals surface area contributed by atoms with Crippen LogP contribution < -0.4 is 10.6 Å². The summed E-state index contributed by atoms with van der Waals surface area (Å²) in [6.45, 7) is 0. The van der Waals surface area contributed by atoms with Crippen LogP contribution in [0.3, 0.4) is 0 Å². The van der Waals surface area contributed by atoms with Gasteiger partial charge in [-0.15, -0.1) is 0 Å². The Hall–Kier alpha value is -1.82. The third kappa shape index (κ3) is 3.60. The van der Waals surface area contributed by atoms with Crippen molar-refractivity contribution in [1.29, 1.82) is 0 Å². The first kappa shape index (κ1) is 14.6. The summed E-state index contributed by atoms with van der Waals surface area (Å²) in [5, 5.41) is 14.2. The van der Waals surface area contributed by atoms with Gasteiger partial charge in [0.2, 0.25) is 0 Å². The Morgan fingerprint density at radius 1 is 1.35 bits per heavy atom. The summed E-state index contributed by atoms with van der Waals surface area (Å²) >= 11 is 5.83. The Bertz CT molecular complexity index is 538. The van der Waals surface area contributed by atoms with Crippen molar-refractivity contribution in [2.45, 2.75) is 25.3 Å². The van der Waals surface area contributed by atoms with E-state index in [4.69, 9.17) is 16.7 Å². The van der Waals surface area contributed by atoms with Crippen LogP contribution in [0.4, 0.5) is 14.9 Å². The number of aliphatic carboxylic acids is 1. The SMILES string of the molecule is O=C(Nc1cc(F)ccc1Cl)NC1CCC(C(=O)O)C1. The molecule has 1 aromatic rings. The molecule has 0 bridgehead atoms. The van der Waals surface area contributed by atoms with Crippen molar-refractivity contribution in [2.24, 2.45) is 5.92 Å². The van der Waals surface area contributed by atoms with Crippen molar-refractivity contribution in [2.75, 3.05) is 5.32 Å². The number of urea groups is 1. The highest BCUT2D eigenvalue weighted by molar-refractivity contribution is 6.33. The minimum Gasteiger partial charge on any atom is -0.481 e. The van der Waals surface area contributed by atoms with Gasteiger partial charge in [-0.3, -0.25) is 4.79 Å². The largest absolute Gasteiger partial charge is 0.481 e. The zero-order valence-corrected chi connectivity index (χ0v) is 11.3. The first-order valence-electron chi connectivity index (χ1n) is 6.21. The van der Waals surface area contributed by atoms with Gasteiger partial charge in [0.1, 0.15) is 5.82 Å². The number of benzene rings is 1. The van der Waals surface area contributed by atoms with Gasteiger partial charge in [0.25, 0.3) is 0 Å². The minimum absolute atomic E-state index is 0.178. The van der Waals surface area contributed by atoms with Crippen molar-refractivity contribution in [1.82, 2.24) is 5.32 Å². The maximum Gasteiger partial charge on any atom is 0.319 e. The summed E-state index contributed by atoms with van der Waals surface area (Å²) in [5.74, 6) is -1.77. The normalized spacial score (nSPS) is 21.5. The molecule has 2 unspecified atom stereocenters. The molecule has 0 aliphatic heterocycles. The highest BCUT2D eigenvalue weighted by Gasteiger charge is 2.30. The van der Waals surface area contributed by atoms with E-state index in [1.54, 1.807) is 0 Å². The molecule has 1 fully saturated rings. The quantitative estimate of drug-likeness (QED) is 0.803. The average Bonchev–Trinajstić information content (AvgIpc) is 2.82. The summed E-state index contributed by atoms with van der Waals surface area (Å²) in [4.78, 5) is 22.6. The molecule has 1 aromatic carbocycles. The maximum atomic E-state index is 13.0. The number of hydrogen-bond donors (Lipinski definition) is 3. The number of rotatable bonds is 3. The van der Waals surface area contributed by atoms with Crippen LogP contribution in [0, 0.1) is 11.7 Å². The molecule has 7 heteroatoms. The molecule has 108 valence electrons. The van der Waals surface area contributed by atoms with E-state index in [0.29, 0.717) is 19.3 Å². The Kier molecular flexibility index (Phi) is 4.44. The standard InChI is InChI=1S/C13H14ClFN2O3/c14-10-4-2-8(15)6-11(10)17-13(20)16-9-3-1-7(5-9)12(18)19/h2,4,6-7,9H,1,3,5H2,(H,18,19)(H2,16,17,20). The number of nitrogens with one attached hydrogen (secondary N) is 2. The maximum absolute atomic E-state index is 13.0. The van der Waals surface area contributed by atoms with E-state index in [1.807, 2.05) is 0 Å². The second kappa shape index (κ2) is 6.09. The molecule has 0 heterocycles. The topological polar surface area (TPSA) is 78.4 Å². The predicted molar refractivity (Wildman–Crippen MR) is 72.3 cm³/mol. The van der Waals surface area contributed by atoms with Gasteiger partial charge < -0.3 is 15.7 Å². The molecule has 2 rings (SSSR count). The van der Waals surface area contributed by atoms with Crippen LogP contribution in [-0.4, -0.2) is 23.1 Å². The number of amides is 2. The number of carboxylic acids is 1. The lowest BCUT2D eigenvalue weighted by Gasteiger charge is -2.14. The van der Waals surface area contributed by atoms with Crippen LogP contribution in [0.5, 0.6) is 0 Å². The number of carboxylic acid groups (broad SMARTS) is 1. The molecular formula is C13H14ClFN2O3. The average molecular weight is 301 g/mol. The molecule has 5 nitrogen and oxygen atoms in total. The Labute approximate surface area is 120 Å². The molecule has 0 radical (unpaired) electrons. The number of carbonyl (C=O) groups is 2. The molecule has 3 N–H and O–H groups in total. The molecule has 1 saturated carbocycles. The third-order valence-electron chi connectivity index (χ3n) is 3.29. The summed E-state index contributed by atoms with van der Waals surface area (Å²) in [6.07, 6.45) is 1.56. The van der Waals surface area contributed by atoms with Gasteiger partial charge in [0.05, 0.1) is 16.6 Å². The predicted octanol–water partition coefficient (Wildman–Crippen LogP) is 2.85. The first-order valence-corrected chi connectivity index (χ1v) is 6.59. The molecule has 20 heavy (non-hydrogen) atoms.